The average Bonchev–Trinajstić information content (AvgIpc) is 2.35. The van der Waals surface area contributed by atoms with Crippen LogP contribution in [-0.4, -0.2) is 20.2 Å². The summed E-state index contributed by atoms with van der Waals surface area (Å²) in [5, 5.41) is 9.45. The lowest BCUT2D eigenvalue weighted by atomic mass is 10.0. The van der Waals surface area contributed by atoms with Crippen LogP contribution in [0.15, 0.2) is 12.1 Å². The van der Waals surface area contributed by atoms with Crippen molar-refractivity contribution in [3.05, 3.63) is 28.8 Å². The van der Waals surface area contributed by atoms with Gasteiger partial charge in [-0.25, -0.2) is 4.79 Å². The van der Waals surface area contributed by atoms with Crippen molar-refractivity contribution in [2.75, 3.05) is 14.2 Å². The average molecular weight is 284 g/mol. The minimum Gasteiger partial charge on any atom is -0.495 e. The molecular formula is C11H10BrNO3. The molecule has 0 amide bonds. The molecule has 16 heavy (non-hydrogen) atoms. The summed E-state index contributed by atoms with van der Waals surface area (Å²) >= 11 is 3.29. The largest absolute Gasteiger partial charge is 0.495 e. The molecule has 0 aliphatic heterocycles. The van der Waals surface area contributed by atoms with Crippen LogP contribution >= 0.6 is 15.9 Å². The summed E-state index contributed by atoms with van der Waals surface area (Å²) in [7, 11) is 2.72. The van der Waals surface area contributed by atoms with Gasteiger partial charge in [0.1, 0.15) is 17.4 Å². The lowest BCUT2D eigenvalue weighted by molar-refractivity contribution is 0.0596. The highest BCUT2D eigenvalue weighted by Gasteiger charge is 2.20. The fourth-order valence-electron chi connectivity index (χ4n) is 1.36. The number of nitrogens with zero attached hydrogens (tertiary/aromatic N) is 1. The molecule has 0 radical (unpaired) electrons. The van der Waals surface area contributed by atoms with Crippen LogP contribution in [0.3, 0.4) is 0 Å². The molecule has 0 atom stereocenters. The van der Waals surface area contributed by atoms with Gasteiger partial charge < -0.3 is 9.47 Å². The van der Waals surface area contributed by atoms with Crippen LogP contribution in [0.2, 0.25) is 0 Å². The Balaban J connectivity index is 3.50. The molecule has 1 rings (SSSR count). The van der Waals surface area contributed by atoms with E-state index in [1.807, 2.05) is 6.07 Å². The maximum atomic E-state index is 11.6. The third kappa shape index (κ3) is 2.17. The van der Waals surface area contributed by atoms with Crippen molar-refractivity contribution in [1.82, 2.24) is 0 Å². The third-order valence-electron chi connectivity index (χ3n) is 2.10. The van der Waals surface area contributed by atoms with Crippen molar-refractivity contribution < 1.29 is 14.3 Å². The zero-order valence-electron chi connectivity index (χ0n) is 8.91. The second kappa shape index (κ2) is 5.52. The second-order valence-electron chi connectivity index (χ2n) is 2.92. The fraction of sp³-hybridized carbons (Fsp3) is 0.273. The van der Waals surface area contributed by atoms with Gasteiger partial charge in [-0.1, -0.05) is 22.0 Å². The first-order valence-corrected chi connectivity index (χ1v) is 5.56. The molecule has 4 nitrogen and oxygen atoms in total. The Hall–Kier alpha value is -1.54. The van der Waals surface area contributed by atoms with Gasteiger partial charge in [-0.2, -0.15) is 5.26 Å². The number of halogens is 1. The molecule has 5 heteroatoms. The third-order valence-corrected chi connectivity index (χ3v) is 2.70. The number of hydrogen-bond acceptors (Lipinski definition) is 4. The summed E-state index contributed by atoms with van der Waals surface area (Å²) in [5.41, 5.74) is 1.21. The Morgan fingerprint density at radius 2 is 2.19 bits per heavy atom. The number of hydrogen-bond donors (Lipinski definition) is 0. The molecule has 1 aromatic carbocycles. The maximum absolute atomic E-state index is 11.6. The van der Waals surface area contributed by atoms with Crippen LogP contribution in [0.1, 0.15) is 21.5 Å². The summed E-state index contributed by atoms with van der Waals surface area (Å²) < 4.78 is 9.79. The van der Waals surface area contributed by atoms with E-state index in [9.17, 15) is 4.79 Å². The summed E-state index contributed by atoms with van der Waals surface area (Å²) in [5.74, 6) is -0.195. The molecule has 0 N–H and O–H groups in total. The first-order chi connectivity index (χ1) is 7.69. The van der Waals surface area contributed by atoms with Crippen LogP contribution in [0.5, 0.6) is 5.75 Å². The van der Waals surface area contributed by atoms with E-state index in [4.69, 9.17) is 10.00 Å². The summed E-state index contributed by atoms with van der Waals surface area (Å²) in [6, 6.07) is 5.25. The quantitative estimate of drug-likeness (QED) is 0.631. The Kier molecular flexibility index (Phi) is 4.32. The number of alkyl halides is 1. The van der Waals surface area contributed by atoms with Gasteiger partial charge in [0.25, 0.3) is 0 Å². The monoisotopic (exact) mass is 283 g/mol. The van der Waals surface area contributed by atoms with E-state index >= 15 is 0 Å². The van der Waals surface area contributed by atoms with Gasteiger partial charge in [0.15, 0.2) is 0 Å². The summed E-state index contributed by atoms with van der Waals surface area (Å²) in [6.45, 7) is 0. The van der Waals surface area contributed by atoms with Crippen LogP contribution in [0.25, 0.3) is 0 Å². The number of rotatable bonds is 3. The second-order valence-corrected chi connectivity index (χ2v) is 3.48. The van der Waals surface area contributed by atoms with E-state index in [0.29, 0.717) is 11.1 Å². The highest BCUT2D eigenvalue weighted by molar-refractivity contribution is 9.08. The van der Waals surface area contributed by atoms with Crippen molar-refractivity contribution in [3.8, 4) is 11.8 Å². The number of carbonyl (C=O) groups excluding carboxylic acids is 1. The first-order valence-electron chi connectivity index (χ1n) is 4.43. The summed E-state index contributed by atoms with van der Waals surface area (Å²) in [6.07, 6.45) is 0. The molecule has 0 aromatic heterocycles. The van der Waals surface area contributed by atoms with Crippen LogP contribution < -0.4 is 4.74 Å². The van der Waals surface area contributed by atoms with Crippen molar-refractivity contribution in [3.63, 3.8) is 0 Å². The molecule has 0 fully saturated rings. The van der Waals surface area contributed by atoms with E-state index in [2.05, 4.69) is 20.7 Å². The maximum Gasteiger partial charge on any atom is 0.343 e. The number of nitriles is 1. The van der Waals surface area contributed by atoms with Crippen molar-refractivity contribution >= 4 is 21.9 Å². The molecule has 0 bridgehead atoms. The Bertz CT molecular complexity index is 451. The van der Waals surface area contributed by atoms with Crippen LogP contribution in [-0.2, 0) is 10.1 Å². The predicted molar refractivity (Wildman–Crippen MR) is 61.7 cm³/mol. The molecular weight excluding hydrogens is 274 g/mol. The molecule has 0 saturated carbocycles. The molecule has 0 aliphatic carbocycles. The van der Waals surface area contributed by atoms with E-state index < -0.39 is 5.97 Å². The lowest BCUT2D eigenvalue weighted by Crippen LogP contribution is -2.08. The van der Waals surface area contributed by atoms with E-state index in [0.717, 1.165) is 5.56 Å². The normalized spacial score (nSPS) is 9.38. The van der Waals surface area contributed by atoms with Crippen molar-refractivity contribution in [2.45, 2.75) is 5.33 Å². The zero-order chi connectivity index (χ0) is 12.1. The molecule has 0 unspecified atom stereocenters. The van der Waals surface area contributed by atoms with Gasteiger partial charge in [0.2, 0.25) is 0 Å². The van der Waals surface area contributed by atoms with E-state index in [1.54, 1.807) is 12.1 Å². The van der Waals surface area contributed by atoms with Gasteiger partial charge in [0, 0.05) is 10.9 Å². The summed E-state index contributed by atoms with van der Waals surface area (Å²) in [4.78, 5) is 11.6. The van der Waals surface area contributed by atoms with Gasteiger partial charge in [-0.05, 0) is 6.07 Å². The molecule has 0 heterocycles. The molecule has 84 valence electrons. The first kappa shape index (κ1) is 12.5. The highest BCUT2D eigenvalue weighted by atomic mass is 79.9. The minimum atomic E-state index is -0.573. The number of carbonyl (C=O) groups is 1. The Morgan fingerprint density at radius 1 is 1.50 bits per heavy atom. The fourth-order valence-corrected chi connectivity index (χ4v) is 1.80. The van der Waals surface area contributed by atoms with Gasteiger partial charge in [-0.3, -0.25) is 0 Å². The molecule has 0 aliphatic rings. The standard InChI is InChI=1S/C11H10BrNO3/c1-15-10-7(5-12)3-4-8(6-13)9(10)11(14)16-2/h3-4H,5H2,1-2H3. The number of benzene rings is 1. The van der Waals surface area contributed by atoms with Crippen molar-refractivity contribution in [1.29, 1.82) is 5.26 Å². The molecule has 0 saturated heterocycles. The topological polar surface area (TPSA) is 59.3 Å². The number of esters is 1. The number of ether oxygens (including phenoxy) is 2. The minimum absolute atomic E-state index is 0.171. The SMILES string of the molecule is COC(=O)c1c(C#N)ccc(CBr)c1OC. The smallest absolute Gasteiger partial charge is 0.343 e. The highest BCUT2D eigenvalue weighted by Crippen LogP contribution is 2.29. The van der Waals surface area contributed by atoms with Gasteiger partial charge in [0.05, 0.1) is 19.8 Å². The predicted octanol–water partition coefficient (Wildman–Crippen LogP) is 2.25. The lowest BCUT2D eigenvalue weighted by Gasteiger charge is -2.11. The van der Waals surface area contributed by atoms with Crippen LogP contribution in [0.4, 0.5) is 0 Å². The van der Waals surface area contributed by atoms with Crippen molar-refractivity contribution in [2.24, 2.45) is 0 Å². The zero-order valence-corrected chi connectivity index (χ0v) is 10.5. The molecule has 1 aromatic rings. The van der Waals surface area contributed by atoms with Gasteiger partial charge >= 0.3 is 5.97 Å². The number of methoxy groups -OCH3 is 2. The Morgan fingerprint density at radius 3 is 2.62 bits per heavy atom. The van der Waals surface area contributed by atoms with Gasteiger partial charge in [-0.15, -0.1) is 0 Å². The van der Waals surface area contributed by atoms with Crippen LogP contribution in [0, 0.1) is 11.3 Å². The molecule has 0 spiro atoms. The van der Waals surface area contributed by atoms with E-state index in [-0.39, 0.29) is 11.1 Å². The Labute approximate surface area is 102 Å². The van der Waals surface area contributed by atoms with E-state index in [1.165, 1.54) is 14.2 Å².